The summed E-state index contributed by atoms with van der Waals surface area (Å²) in [5, 5.41) is 3.99. The number of aromatic nitrogens is 1. The Hall–Kier alpha value is -3.60. The van der Waals surface area contributed by atoms with Gasteiger partial charge in [-0.3, -0.25) is 9.59 Å². The zero-order valence-electron chi connectivity index (χ0n) is 26.3. The van der Waals surface area contributed by atoms with Crippen molar-refractivity contribution in [3.05, 3.63) is 40.3 Å². The number of nitrogens with one attached hydrogen (secondary N) is 1. The van der Waals surface area contributed by atoms with Crippen LogP contribution in [-0.4, -0.2) is 90.1 Å². The molecule has 2 aliphatic rings. The van der Waals surface area contributed by atoms with Crippen molar-refractivity contribution in [2.45, 2.75) is 80.2 Å². The Morgan fingerprint density at radius 3 is 1.70 bits per heavy atom. The first kappa shape index (κ1) is 42.1. The third-order valence-corrected chi connectivity index (χ3v) is 10.0. The first-order valence-electron chi connectivity index (χ1n) is 15.2. The minimum atomic E-state index is -9.20. The molecule has 0 spiro atoms. The van der Waals surface area contributed by atoms with Crippen LogP contribution in [0.4, 0.5) is 86.0 Å². The normalized spacial score (nSPS) is 18.9. The summed E-state index contributed by atoms with van der Waals surface area (Å²) in [6, 6.07) is 6.79. The number of alkyl halides is 17. The number of carbonyl (C=O) groups is 2. The number of anilines is 2. The van der Waals surface area contributed by atoms with Crippen molar-refractivity contribution in [3.8, 4) is 0 Å². The number of rotatable bonds is 8. The number of carbonyl (C=O) groups excluding carboxylic acids is 2. The van der Waals surface area contributed by atoms with Crippen LogP contribution in [0.15, 0.2) is 29.6 Å². The topological polar surface area (TPSA) is 65.5 Å². The van der Waals surface area contributed by atoms with Gasteiger partial charge in [-0.25, -0.2) is 18.2 Å². The number of amides is 2. The lowest BCUT2D eigenvalue weighted by molar-refractivity contribution is -0.509. The van der Waals surface area contributed by atoms with E-state index in [2.05, 4.69) is 10.3 Å². The molecule has 1 N–H and O–H groups in total. The summed E-state index contributed by atoms with van der Waals surface area (Å²) in [5.41, 5.74) is -16.9. The molecule has 2 fully saturated rings. The van der Waals surface area contributed by atoms with Crippen LogP contribution in [0.25, 0.3) is 0 Å². The fraction of sp³-hybridized carbons (Fsp3) is 0.621. The average molecular weight is 817 g/mol. The Bertz CT molecular complexity index is 1600. The van der Waals surface area contributed by atoms with Gasteiger partial charge in [0.05, 0.1) is 16.4 Å². The summed E-state index contributed by atoms with van der Waals surface area (Å²) < 4.78 is 236. The molecule has 1 aromatic heterocycles. The molecular formula is C29H25F17N4O2S. The lowest BCUT2D eigenvalue weighted by Gasteiger charge is -2.50. The van der Waals surface area contributed by atoms with Gasteiger partial charge in [0.1, 0.15) is 5.69 Å². The Morgan fingerprint density at radius 1 is 0.698 bits per heavy atom. The second kappa shape index (κ2) is 13.9. The number of para-hydroxylation sites is 2. The first-order valence-corrected chi connectivity index (χ1v) is 16.1. The van der Waals surface area contributed by atoms with Crippen LogP contribution in [0.3, 0.4) is 0 Å². The highest BCUT2D eigenvalue weighted by molar-refractivity contribution is 7.10. The zero-order valence-corrected chi connectivity index (χ0v) is 27.1. The second-order valence-corrected chi connectivity index (χ2v) is 13.1. The number of thiazole rings is 1. The van der Waals surface area contributed by atoms with E-state index in [0.29, 0.717) is 11.4 Å². The van der Waals surface area contributed by atoms with Crippen molar-refractivity contribution in [1.82, 2.24) is 9.88 Å². The van der Waals surface area contributed by atoms with Crippen molar-refractivity contribution in [2.24, 2.45) is 5.41 Å². The molecule has 0 saturated carbocycles. The molecule has 4 rings (SSSR count). The molecule has 2 aromatic rings. The van der Waals surface area contributed by atoms with E-state index in [0.717, 1.165) is 43.7 Å². The molecule has 24 heteroatoms. The van der Waals surface area contributed by atoms with E-state index < -0.39 is 96.2 Å². The fourth-order valence-corrected chi connectivity index (χ4v) is 7.23. The standard InChI is InChI=1S/C29H25F17N4O2S/c30-22(31,24(32,29(44,45)46)25(33,34)23(26(35,36)37,27(38,39)40)28(41,42)43)21(52)50-12-8-15(9-13-50)20-48-17(14-53-20)19(51)47-16-6-2-3-7-18(16)49-10-4-1-5-11-49/h2-3,6-7,14-15H,1,4-5,8-13H2,(H,47,51). The number of hydrogen-bond acceptors (Lipinski definition) is 5. The van der Waals surface area contributed by atoms with E-state index in [1.807, 2.05) is 4.90 Å². The van der Waals surface area contributed by atoms with Gasteiger partial charge in [-0.2, -0.15) is 61.5 Å². The van der Waals surface area contributed by atoms with E-state index in [-0.39, 0.29) is 10.7 Å². The van der Waals surface area contributed by atoms with Crippen LogP contribution in [0.5, 0.6) is 0 Å². The minimum absolute atomic E-state index is 0.0605. The van der Waals surface area contributed by atoms with Crippen molar-refractivity contribution >= 4 is 34.5 Å². The number of halogens is 17. The van der Waals surface area contributed by atoms with Crippen molar-refractivity contribution < 1.29 is 84.2 Å². The van der Waals surface area contributed by atoms with Gasteiger partial charge >= 0.3 is 47.6 Å². The summed E-state index contributed by atoms with van der Waals surface area (Å²) in [7, 11) is 0. The highest BCUT2D eigenvalue weighted by Gasteiger charge is 3.02. The number of benzene rings is 1. The summed E-state index contributed by atoms with van der Waals surface area (Å²) >= 11 is 0.801. The van der Waals surface area contributed by atoms with E-state index >= 15 is 13.2 Å². The summed E-state index contributed by atoms with van der Waals surface area (Å²) in [6.07, 6.45) is -32.6. The van der Waals surface area contributed by atoms with Gasteiger partial charge < -0.3 is 15.1 Å². The third-order valence-electron chi connectivity index (χ3n) is 9.01. The maximum atomic E-state index is 15.2. The van der Waals surface area contributed by atoms with Gasteiger partial charge in [-0.05, 0) is 44.2 Å². The molecule has 2 saturated heterocycles. The predicted molar refractivity (Wildman–Crippen MR) is 152 cm³/mol. The largest absolute Gasteiger partial charge is 0.435 e. The summed E-state index contributed by atoms with van der Waals surface area (Å²) in [4.78, 5) is 31.1. The molecule has 0 aliphatic carbocycles. The Balaban J connectivity index is 1.57. The molecule has 0 radical (unpaired) electrons. The minimum Gasteiger partial charge on any atom is -0.370 e. The highest BCUT2D eigenvalue weighted by atomic mass is 32.1. The van der Waals surface area contributed by atoms with Gasteiger partial charge in [0.2, 0.25) is 0 Å². The van der Waals surface area contributed by atoms with Crippen LogP contribution in [0.2, 0.25) is 0 Å². The smallest absolute Gasteiger partial charge is 0.370 e. The molecule has 0 bridgehead atoms. The lowest BCUT2D eigenvalue weighted by Crippen LogP contribution is -2.81. The summed E-state index contributed by atoms with van der Waals surface area (Å²) in [6.45, 7) is -1.01. The predicted octanol–water partition coefficient (Wildman–Crippen LogP) is 9.31. The molecule has 298 valence electrons. The van der Waals surface area contributed by atoms with Crippen LogP contribution in [0, 0.1) is 5.41 Å². The van der Waals surface area contributed by atoms with Crippen molar-refractivity contribution in [3.63, 3.8) is 0 Å². The van der Waals surface area contributed by atoms with Crippen LogP contribution in [0.1, 0.15) is 53.5 Å². The Labute approximate surface area is 291 Å². The molecular weight excluding hydrogens is 791 g/mol. The van der Waals surface area contributed by atoms with Crippen LogP contribution < -0.4 is 10.2 Å². The van der Waals surface area contributed by atoms with Gasteiger partial charge in [0.25, 0.3) is 11.8 Å². The number of piperidine rings is 2. The molecule has 1 aromatic carbocycles. The van der Waals surface area contributed by atoms with Gasteiger partial charge in [-0.1, -0.05) is 12.1 Å². The molecule has 2 aliphatic heterocycles. The third kappa shape index (κ3) is 6.84. The van der Waals surface area contributed by atoms with Crippen molar-refractivity contribution in [2.75, 3.05) is 36.4 Å². The van der Waals surface area contributed by atoms with Gasteiger partial charge in [0, 0.05) is 37.5 Å². The fourth-order valence-electron chi connectivity index (χ4n) is 6.26. The Kier molecular flexibility index (Phi) is 11.1. The number of nitrogens with zero attached hydrogens (tertiary/aromatic N) is 3. The Morgan fingerprint density at radius 2 is 1.21 bits per heavy atom. The first-order chi connectivity index (χ1) is 24.1. The van der Waals surface area contributed by atoms with Crippen LogP contribution >= 0.6 is 11.3 Å². The SMILES string of the molecule is O=C(Nc1ccccc1N1CCCCC1)c1csc(C2CCN(C(=O)C(F)(F)C(F)(C(F)(F)F)C(F)(F)C(C(F)(F)F)(C(F)(F)F)C(F)(F)F)CC2)n1. The van der Waals surface area contributed by atoms with Crippen molar-refractivity contribution in [1.29, 1.82) is 0 Å². The number of hydrogen-bond donors (Lipinski definition) is 1. The quantitative estimate of drug-likeness (QED) is 0.270. The zero-order chi connectivity index (χ0) is 40.2. The second-order valence-electron chi connectivity index (χ2n) is 12.2. The monoisotopic (exact) mass is 816 g/mol. The molecule has 1 unspecified atom stereocenters. The summed E-state index contributed by atoms with van der Waals surface area (Å²) in [5.74, 6) is -22.3. The molecule has 1 atom stereocenters. The number of likely N-dealkylation sites (tertiary alicyclic amines) is 1. The lowest BCUT2D eigenvalue weighted by atomic mass is 9.68. The average Bonchev–Trinajstić information content (AvgIpc) is 3.53. The molecule has 2 amide bonds. The maximum Gasteiger partial charge on any atom is 0.435 e. The van der Waals surface area contributed by atoms with Gasteiger partial charge in [0.15, 0.2) is 0 Å². The highest BCUT2D eigenvalue weighted by Crippen LogP contribution is 2.72. The van der Waals surface area contributed by atoms with E-state index in [4.69, 9.17) is 0 Å². The maximum absolute atomic E-state index is 15.2. The molecule has 6 nitrogen and oxygen atoms in total. The molecule has 53 heavy (non-hydrogen) atoms. The van der Waals surface area contributed by atoms with E-state index in [9.17, 15) is 71.1 Å². The van der Waals surface area contributed by atoms with E-state index in [1.54, 1.807) is 24.3 Å². The van der Waals surface area contributed by atoms with E-state index in [1.165, 1.54) is 5.38 Å². The molecule has 3 heterocycles. The van der Waals surface area contributed by atoms with Crippen LogP contribution in [-0.2, 0) is 4.79 Å². The van der Waals surface area contributed by atoms with Gasteiger partial charge in [-0.15, -0.1) is 11.3 Å².